The zero-order valence-corrected chi connectivity index (χ0v) is 10.3. The van der Waals surface area contributed by atoms with Gasteiger partial charge in [-0.1, -0.05) is 30.3 Å². The van der Waals surface area contributed by atoms with Crippen LogP contribution < -0.4 is 5.32 Å². The third-order valence-electron chi connectivity index (χ3n) is 3.10. The largest absolute Gasteiger partial charge is 0.386 e. The van der Waals surface area contributed by atoms with Crippen molar-refractivity contribution < 1.29 is 19.7 Å². The van der Waals surface area contributed by atoms with Gasteiger partial charge in [0.15, 0.2) is 6.29 Å². The lowest BCUT2D eigenvalue weighted by molar-refractivity contribution is -0.137. The van der Waals surface area contributed by atoms with Crippen molar-refractivity contribution in [2.24, 2.45) is 0 Å². The molecule has 1 fully saturated rings. The quantitative estimate of drug-likeness (QED) is 0.682. The number of nitrogens with one attached hydrogen (secondary N) is 1. The fraction of sp³-hybridized carbons (Fsp3) is 0.538. The van der Waals surface area contributed by atoms with E-state index in [1.54, 1.807) is 7.05 Å². The Morgan fingerprint density at radius 2 is 2.00 bits per heavy atom. The van der Waals surface area contributed by atoms with Gasteiger partial charge in [0.2, 0.25) is 0 Å². The van der Waals surface area contributed by atoms with Gasteiger partial charge in [-0.15, -0.1) is 0 Å². The van der Waals surface area contributed by atoms with Crippen LogP contribution in [0.2, 0.25) is 0 Å². The number of aliphatic hydroxyl groups is 2. The van der Waals surface area contributed by atoms with Crippen molar-refractivity contribution >= 4 is 0 Å². The van der Waals surface area contributed by atoms with Crippen LogP contribution in [-0.2, 0) is 16.1 Å². The molecule has 0 unspecified atom stereocenters. The van der Waals surface area contributed by atoms with Crippen molar-refractivity contribution in [1.82, 2.24) is 5.32 Å². The van der Waals surface area contributed by atoms with E-state index in [0.717, 1.165) is 5.56 Å². The molecule has 1 aliphatic heterocycles. The second kappa shape index (κ2) is 6.26. The Balaban J connectivity index is 1.80. The predicted octanol–water partition coefficient (Wildman–Crippen LogP) is -0.131. The number of aliphatic hydroxyl groups excluding tert-OH is 2. The number of benzene rings is 1. The molecule has 0 amide bonds. The van der Waals surface area contributed by atoms with Crippen molar-refractivity contribution in [2.75, 3.05) is 13.7 Å². The lowest BCUT2D eigenvalue weighted by atomic mass is 10.1. The first-order chi connectivity index (χ1) is 8.72. The van der Waals surface area contributed by atoms with E-state index in [-0.39, 0.29) is 12.1 Å². The molecule has 1 aromatic carbocycles. The molecule has 1 aliphatic rings. The van der Waals surface area contributed by atoms with Crippen molar-refractivity contribution in [3.05, 3.63) is 35.9 Å². The predicted molar refractivity (Wildman–Crippen MR) is 65.8 cm³/mol. The van der Waals surface area contributed by atoms with Gasteiger partial charge in [-0.05, 0) is 12.6 Å². The average molecular weight is 253 g/mol. The van der Waals surface area contributed by atoms with Crippen LogP contribution in [0.3, 0.4) is 0 Å². The molecule has 5 nitrogen and oxygen atoms in total. The Bertz CT molecular complexity index is 359. The lowest BCUT2D eigenvalue weighted by Gasteiger charge is -2.19. The van der Waals surface area contributed by atoms with Crippen molar-refractivity contribution in [3.8, 4) is 0 Å². The molecule has 0 spiro atoms. The Labute approximate surface area is 106 Å². The molecule has 4 atom stereocenters. The van der Waals surface area contributed by atoms with Gasteiger partial charge >= 0.3 is 0 Å². The zero-order chi connectivity index (χ0) is 13.0. The first-order valence-electron chi connectivity index (χ1n) is 6.03. The number of likely N-dealkylation sites (N-methyl/N-ethyl adjacent to an activating group) is 1. The fourth-order valence-corrected chi connectivity index (χ4v) is 2.11. The second-order valence-corrected chi connectivity index (χ2v) is 4.37. The molecule has 1 aromatic rings. The van der Waals surface area contributed by atoms with Gasteiger partial charge < -0.3 is 25.0 Å². The molecule has 2 rings (SSSR count). The van der Waals surface area contributed by atoms with Gasteiger partial charge in [0.1, 0.15) is 12.2 Å². The fourth-order valence-electron chi connectivity index (χ4n) is 2.11. The van der Waals surface area contributed by atoms with E-state index in [4.69, 9.17) is 9.47 Å². The highest BCUT2D eigenvalue weighted by atomic mass is 16.6. The maximum atomic E-state index is 9.65. The summed E-state index contributed by atoms with van der Waals surface area (Å²) >= 11 is 0. The summed E-state index contributed by atoms with van der Waals surface area (Å²) in [6.07, 6.45) is -2.41. The van der Waals surface area contributed by atoms with Crippen molar-refractivity contribution in [3.63, 3.8) is 0 Å². The van der Waals surface area contributed by atoms with Gasteiger partial charge in [0.25, 0.3) is 0 Å². The van der Waals surface area contributed by atoms with Crippen LogP contribution in [-0.4, -0.2) is 48.4 Å². The first-order valence-corrected chi connectivity index (χ1v) is 6.03. The number of ether oxygens (including phenoxy) is 2. The molecule has 100 valence electrons. The molecular weight excluding hydrogens is 234 g/mol. The minimum atomic E-state index is -1.15. The number of hydrogen-bond acceptors (Lipinski definition) is 5. The smallest absolute Gasteiger partial charge is 0.182 e. The van der Waals surface area contributed by atoms with Crippen LogP contribution in [0.15, 0.2) is 30.3 Å². The summed E-state index contributed by atoms with van der Waals surface area (Å²) in [5.74, 6) is 0. The van der Waals surface area contributed by atoms with E-state index < -0.39 is 12.4 Å². The summed E-state index contributed by atoms with van der Waals surface area (Å²) in [5.41, 5.74) is 1.08. The Morgan fingerprint density at radius 3 is 2.67 bits per heavy atom. The first kappa shape index (κ1) is 13.5. The van der Waals surface area contributed by atoms with E-state index in [2.05, 4.69) is 5.32 Å². The normalized spacial score (nSPS) is 31.7. The van der Waals surface area contributed by atoms with Crippen LogP contribution in [0.4, 0.5) is 0 Å². The third kappa shape index (κ3) is 3.07. The summed E-state index contributed by atoms with van der Waals surface area (Å²) in [7, 11) is 1.72. The maximum Gasteiger partial charge on any atom is 0.182 e. The highest BCUT2D eigenvalue weighted by Crippen LogP contribution is 2.20. The molecule has 0 bridgehead atoms. The third-order valence-corrected chi connectivity index (χ3v) is 3.10. The minimum absolute atomic E-state index is 0.309. The van der Waals surface area contributed by atoms with Gasteiger partial charge in [0.05, 0.1) is 19.3 Å². The summed E-state index contributed by atoms with van der Waals surface area (Å²) in [6.45, 7) is 0.817. The number of hydrogen-bond donors (Lipinski definition) is 3. The topological polar surface area (TPSA) is 71.0 Å². The summed E-state index contributed by atoms with van der Waals surface area (Å²) in [5, 5.41) is 22.0. The van der Waals surface area contributed by atoms with Gasteiger partial charge in [-0.3, -0.25) is 0 Å². The highest BCUT2D eigenvalue weighted by Gasteiger charge is 2.41. The van der Waals surface area contributed by atoms with E-state index in [1.165, 1.54) is 0 Å². The molecule has 0 saturated carbocycles. The van der Waals surface area contributed by atoms with Crippen molar-refractivity contribution in [2.45, 2.75) is 31.1 Å². The van der Waals surface area contributed by atoms with Gasteiger partial charge in [0, 0.05) is 0 Å². The lowest BCUT2D eigenvalue weighted by Crippen LogP contribution is -2.44. The molecule has 1 heterocycles. The second-order valence-electron chi connectivity index (χ2n) is 4.37. The van der Waals surface area contributed by atoms with E-state index in [1.807, 2.05) is 30.3 Å². The Morgan fingerprint density at radius 1 is 1.28 bits per heavy atom. The summed E-state index contributed by atoms with van der Waals surface area (Å²) in [6, 6.07) is 9.51. The molecule has 0 radical (unpaired) electrons. The minimum Gasteiger partial charge on any atom is -0.386 e. The van der Waals surface area contributed by atoms with E-state index >= 15 is 0 Å². The van der Waals surface area contributed by atoms with Crippen LogP contribution in [0.1, 0.15) is 5.56 Å². The summed E-state index contributed by atoms with van der Waals surface area (Å²) in [4.78, 5) is 0. The van der Waals surface area contributed by atoms with E-state index in [9.17, 15) is 10.2 Å². The van der Waals surface area contributed by atoms with E-state index in [0.29, 0.717) is 13.2 Å². The van der Waals surface area contributed by atoms with Crippen molar-refractivity contribution in [1.29, 1.82) is 0 Å². The standard InChI is InChI=1S/C13H19NO4/c1-14-11-10(18-13(16)12(11)15)8-17-7-9-5-3-2-4-6-9/h2-6,10-16H,7-8H2,1H3/t10-,11+,12-,13+/m1/s1. The van der Waals surface area contributed by atoms with Crippen LogP contribution in [0.25, 0.3) is 0 Å². The van der Waals surface area contributed by atoms with Gasteiger partial charge in [-0.25, -0.2) is 0 Å². The van der Waals surface area contributed by atoms with Crippen LogP contribution >= 0.6 is 0 Å². The Hall–Kier alpha value is -0.980. The number of rotatable bonds is 5. The molecule has 0 aromatic heterocycles. The molecule has 5 heteroatoms. The average Bonchev–Trinajstić information content (AvgIpc) is 2.66. The SMILES string of the molecule is CN[C@@H]1[C@@H](O)[C@@H](O)O[C@@H]1COCc1ccccc1. The molecule has 18 heavy (non-hydrogen) atoms. The molecule has 0 aliphatic carbocycles. The van der Waals surface area contributed by atoms with Gasteiger partial charge in [-0.2, -0.15) is 0 Å². The van der Waals surface area contributed by atoms with Crippen LogP contribution in [0.5, 0.6) is 0 Å². The maximum absolute atomic E-state index is 9.65. The highest BCUT2D eigenvalue weighted by molar-refractivity contribution is 5.13. The molecule has 3 N–H and O–H groups in total. The Kier molecular flexibility index (Phi) is 4.68. The van der Waals surface area contributed by atoms with Crippen LogP contribution in [0, 0.1) is 0 Å². The molecule has 1 saturated heterocycles. The summed E-state index contributed by atoms with van der Waals surface area (Å²) < 4.78 is 10.8. The monoisotopic (exact) mass is 253 g/mol. The zero-order valence-electron chi connectivity index (χ0n) is 10.3. The molecular formula is C13H19NO4.